The predicted molar refractivity (Wildman–Crippen MR) is 160 cm³/mol. The molecule has 6 nitrogen and oxygen atoms in total. The summed E-state index contributed by atoms with van der Waals surface area (Å²) in [5.74, 6) is 1.03. The third-order valence-corrected chi connectivity index (χ3v) is 9.75. The van der Waals surface area contributed by atoms with Crippen molar-refractivity contribution >= 4 is 65.3 Å². The lowest BCUT2D eigenvalue weighted by molar-refractivity contribution is 0.00490. The molecule has 9 heteroatoms. The molecule has 0 radical (unpaired) electrons. The molecule has 2 N–H and O–H groups in total. The minimum absolute atomic E-state index is 0.275. The van der Waals surface area contributed by atoms with E-state index < -0.39 is 0 Å². The molecule has 2 aliphatic rings. The van der Waals surface area contributed by atoms with Crippen LogP contribution in [0.2, 0.25) is 10.0 Å². The molecule has 0 atom stereocenters. The fourth-order valence-corrected chi connectivity index (χ4v) is 6.95. The van der Waals surface area contributed by atoms with Gasteiger partial charge in [-0.15, -0.1) is 0 Å². The highest BCUT2D eigenvalue weighted by Gasteiger charge is 2.46. The Morgan fingerprint density at radius 2 is 1.73 bits per heavy atom. The minimum Gasteiger partial charge on any atom is -0.370 e. The van der Waals surface area contributed by atoms with Gasteiger partial charge in [-0.25, -0.2) is 4.98 Å². The number of anilines is 5. The summed E-state index contributed by atoms with van der Waals surface area (Å²) in [6.45, 7) is 6.57. The molecule has 196 valence electrons. The normalized spacial score (nSPS) is 17.4. The number of nitrogens with one attached hydrogen (secondary N) is 2. The van der Waals surface area contributed by atoms with Gasteiger partial charge in [-0.05, 0) is 88.1 Å². The summed E-state index contributed by atoms with van der Waals surface area (Å²) >= 11 is 13.2. The molecule has 1 aromatic heterocycles. The molecule has 0 bridgehead atoms. The van der Waals surface area contributed by atoms with Gasteiger partial charge < -0.3 is 20.4 Å². The third-order valence-electron chi connectivity index (χ3n) is 7.82. The molecule has 2 heterocycles. The van der Waals surface area contributed by atoms with E-state index in [4.69, 9.17) is 23.2 Å². The molecule has 5 rings (SSSR count). The predicted octanol–water partition coefficient (Wildman–Crippen LogP) is 6.95. The van der Waals surface area contributed by atoms with Crippen LogP contribution in [0.5, 0.6) is 0 Å². The number of rotatable bonds is 7. The van der Waals surface area contributed by atoms with Crippen molar-refractivity contribution in [3.8, 4) is 0 Å². The number of benzene rings is 2. The number of hydrogen-bond donors (Lipinski definition) is 2. The number of piperidine rings is 1. The first kappa shape index (κ1) is 26.5. The van der Waals surface area contributed by atoms with Crippen LogP contribution in [0.1, 0.15) is 25.7 Å². The molecule has 1 saturated carbocycles. The highest BCUT2D eigenvalue weighted by molar-refractivity contribution is 7.64. The van der Waals surface area contributed by atoms with Gasteiger partial charge in [0.2, 0.25) is 5.95 Å². The first-order valence-corrected chi connectivity index (χ1v) is 15.8. The Labute approximate surface area is 231 Å². The lowest BCUT2D eigenvalue weighted by Gasteiger charge is -2.54. The second-order valence-electron chi connectivity index (χ2n) is 10.7. The van der Waals surface area contributed by atoms with Crippen LogP contribution < -0.4 is 20.8 Å². The van der Waals surface area contributed by atoms with Crippen molar-refractivity contribution in [1.29, 1.82) is 0 Å². The average molecular weight is 558 g/mol. The molecule has 3 aromatic rings. The molecular weight excluding hydrogens is 522 g/mol. The maximum atomic E-state index is 6.76. The van der Waals surface area contributed by atoms with Crippen LogP contribution in [0.25, 0.3) is 0 Å². The first-order valence-electron chi connectivity index (χ1n) is 12.8. The summed E-state index contributed by atoms with van der Waals surface area (Å²) in [5, 5.41) is 9.15. The van der Waals surface area contributed by atoms with Gasteiger partial charge in [-0.3, -0.25) is 0 Å². The quantitative estimate of drug-likeness (QED) is 0.307. The third kappa shape index (κ3) is 5.83. The van der Waals surface area contributed by atoms with Crippen molar-refractivity contribution in [3.05, 3.63) is 58.7 Å². The highest BCUT2D eigenvalue weighted by atomic mass is 35.5. The zero-order valence-electron chi connectivity index (χ0n) is 21.9. The van der Waals surface area contributed by atoms with E-state index in [1.165, 1.54) is 31.0 Å². The van der Waals surface area contributed by atoms with E-state index in [-0.39, 0.29) is 7.92 Å². The number of halogens is 2. The summed E-state index contributed by atoms with van der Waals surface area (Å²) in [6, 6.07) is 15.1. The van der Waals surface area contributed by atoms with Gasteiger partial charge in [0.05, 0.1) is 16.9 Å². The molecule has 1 saturated heterocycles. The number of para-hydroxylation sites is 1. The van der Waals surface area contributed by atoms with Crippen LogP contribution >= 0.6 is 31.1 Å². The number of aromatic nitrogens is 2. The maximum absolute atomic E-state index is 6.76. The van der Waals surface area contributed by atoms with E-state index in [1.54, 1.807) is 6.20 Å². The van der Waals surface area contributed by atoms with Gasteiger partial charge in [-0.1, -0.05) is 49.3 Å². The maximum Gasteiger partial charge on any atom is 0.229 e. The van der Waals surface area contributed by atoms with Crippen molar-refractivity contribution < 1.29 is 0 Å². The Balaban J connectivity index is 1.25. The average Bonchev–Trinajstić information content (AvgIpc) is 2.85. The van der Waals surface area contributed by atoms with E-state index in [2.05, 4.69) is 82.1 Å². The summed E-state index contributed by atoms with van der Waals surface area (Å²) in [7, 11) is 4.12. The smallest absolute Gasteiger partial charge is 0.229 e. The Bertz CT molecular complexity index is 1250. The van der Waals surface area contributed by atoms with Crippen LogP contribution in [0.4, 0.5) is 28.8 Å². The van der Waals surface area contributed by atoms with Crippen LogP contribution in [0, 0.1) is 5.41 Å². The monoisotopic (exact) mass is 556 g/mol. The van der Waals surface area contributed by atoms with Crippen LogP contribution in [0.15, 0.2) is 48.7 Å². The Kier molecular flexibility index (Phi) is 7.83. The summed E-state index contributed by atoms with van der Waals surface area (Å²) in [5.41, 5.74) is 3.49. The van der Waals surface area contributed by atoms with Gasteiger partial charge in [0.15, 0.2) is 5.82 Å². The highest BCUT2D eigenvalue weighted by Crippen LogP contribution is 2.51. The largest absolute Gasteiger partial charge is 0.370 e. The van der Waals surface area contributed by atoms with Crippen LogP contribution in [0.3, 0.4) is 0 Å². The van der Waals surface area contributed by atoms with E-state index in [9.17, 15) is 0 Å². The molecule has 1 aliphatic carbocycles. The van der Waals surface area contributed by atoms with E-state index in [1.807, 2.05) is 18.2 Å². The SMILES string of the molecule is CN(C)C1CC2(CCN(c3ccc(Nc4ncc(Cl)c(Nc5ccccc5P(C)C)n4)cc3Cl)CC2)C1. The van der Waals surface area contributed by atoms with Crippen LogP contribution in [-0.4, -0.2) is 61.4 Å². The number of nitrogens with zero attached hydrogens (tertiary/aromatic N) is 4. The zero-order chi connectivity index (χ0) is 26.2. The lowest BCUT2D eigenvalue weighted by atomic mass is 9.60. The summed E-state index contributed by atoms with van der Waals surface area (Å²) in [6.07, 6.45) is 6.74. The summed E-state index contributed by atoms with van der Waals surface area (Å²) < 4.78 is 0. The second kappa shape index (κ2) is 10.9. The second-order valence-corrected chi connectivity index (χ2v) is 13.8. The van der Waals surface area contributed by atoms with Crippen molar-refractivity contribution in [3.63, 3.8) is 0 Å². The molecular formula is C28H35Cl2N6P. The van der Waals surface area contributed by atoms with Gasteiger partial charge in [0, 0.05) is 30.5 Å². The van der Waals surface area contributed by atoms with E-state index in [0.29, 0.717) is 22.2 Å². The Hall–Kier alpha value is -2.11. The molecule has 37 heavy (non-hydrogen) atoms. The van der Waals surface area contributed by atoms with Gasteiger partial charge in [0.1, 0.15) is 5.02 Å². The van der Waals surface area contributed by atoms with Crippen molar-refractivity contribution in [2.45, 2.75) is 31.7 Å². The van der Waals surface area contributed by atoms with Crippen molar-refractivity contribution in [2.24, 2.45) is 5.41 Å². The minimum atomic E-state index is -0.275. The summed E-state index contributed by atoms with van der Waals surface area (Å²) in [4.78, 5) is 13.8. The van der Waals surface area contributed by atoms with E-state index in [0.717, 1.165) is 41.2 Å². The molecule has 1 spiro atoms. The van der Waals surface area contributed by atoms with Crippen LogP contribution in [-0.2, 0) is 0 Å². The molecule has 0 unspecified atom stereocenters. The number of hydrogen-bond acceptors (Lipinski definition) is 6. The first-order chi connectivity index (χ1) is 17.7. The van der Waals surface area contributed by atoms with E-state index >= 15 is 0 Å². The molecule has 2 fully saturated rings. The lowest BCUT2D eigenvalue weighted by Crippen LogP contribution is -2.53. The van der Waals surface area contributed by atoms with Gasteiger partial charge in [-0.2, -0.15) is 4.98 Å². The standard InChI is InChI=1S/C28H35Cl2N6P/c1-35(2)20-16-28(17-20)11-13-36(14-12-28)24-10-9-19(15-21(24)29)32-27-31-18-22(30)26(34-27)33-23-7-5-6-8-25(23)37(3)4/h5-10,15,18,20H,11-14,16-17H2,1-4H3,(H2,31,32,33,34). The fourth-order valence-electron chi connectivity index (χ4n) is 5.52. The van der Waals surface area contributed by atoms with Crippen molar-refractivity contribution in [2.75, 3.05) is 56.0 Å². The van der Waals surface area contributed by atoms with Gasteiger partial charge >= 0.3 is 0 Å². The van der Waals surface area contributed by atoms with Crippen molar-refractivity contribution in [1.82, 2.24) is 14.9 Å². The molecule has 1 aliphatic heterocycles. The Morgan fingerprint density at radius 3 is 2.41 bits per heavy atom. The molecule has 0 amide bonds. The topological polar surface area (TPSA) is 56.3 Å². The Morgan fingerprint density at radius 1 is 1.00 bits per heavy atom. The fraction of sp³-hybridized carbons (Fsp3) is 0.429. The van der Waals surface area contributed by atoms with Gasteiger partial charge in [0.25, 0.3) is 0 Å². The molecule has 2 aromatic carbocycles. The zero-order valence-corrected chi connectivity index (χ0v) is 24.3.